The van der Waals surface area contributed by atoms with Crippen LogP contribution in [0.4, 0.5) is 27.6 Å². The molecule has 1 unspecified atom stereocenters. The van der Waals surface area contributed by atoms with Gasteiger partial charge < -0.3 is 26.2 Å². The van der Waals surface area contributed by atoms with Crippen LogP contribution in [-0.4, -0.2) is 74.3 Å². The van der Waals surface area contributed by atoms with Crippen molar-refractivity contribution < 1.29 is 40.0 Å². The number of hydrogen-bond acceptors (Lipinski definition) is 6. The van der Waals surface area contributed by atoms with E-state index in [4.69, 9.17) is 11.1 Å². The number of nitrogens with two attached hydrogens (primary N) is 1. The van der Waals surface area contributed by atoms with Crippen molar-refractivity contribution in [3.8, 4) is 0 Å². The smallest absolute Gasteiger partial charge is 0.245 e. The second-order valence-electron chi connectivity index (χ2n) is 10.5. The van der Waals surface area contributed by atoms with Gasteiger partial charge in [0.25, 0.3) is 0 Å². The Balaban J connectivity index is 1.47. The largest absolute Gasteiger partial charge is 0.373 e. The summed E-state index contributed by atoms with van der Waals surface area (Å²) in [6, 6.07) is 2.69. The van der Waals surface area contributed by atoms with E-state index in [1.165, 1.54) is 30.0 Å². The van der Waals surface area contributed by atoms with Crippen LogP contribution in [0.25, 0.3) is 0 Å². The molecule has 2 atom stereocenters. The molecule has 0 radical (unpaired) electrons. The third-order valence-corrected chi connectivity index (χ3v) is 9.55. The normalized spacial score (nSPS) is 18.4. The average Bonchev–Trinajstić information content (AvgIpc) is 3.48. The van der Waals surface area contributed by atoms with E-state index in [-0.39, 0.29) is 30.0 Å². The SMILES string of the molecule is CC(Nc1ccccc1S(=O)(=O)c1c(F)c(F)c(F)c(F)c1F)C(=O)N1CCC[C@H]1C(=O)NCC1CCN(C(=N)N)CC1. The Kier molecular flexibility index (Phi) is 9.47. The highest BCUT2D eigenvalue weighted by molar-refractivity contribution is 7.91. The lowest BCUT2D eigenvalue weighted by Gasteiger charge is -2.33. The number of piperidine rings is 1. The topological polar surface area (TPSA) is 149 Å². The van der Waals surface area contributed by atoms with E-state index in [1.807, 2.05) is 0 Å². The highest BCUT2D eigenvalue weighted by Crippen LogP contribution is 2.34. The minimum absolute atomic E-state index is 0.00289. The van der Waals surface area contributed by atoms with Gasteiger partial charge in [0.05, 0.1) is 10.6 Å². The van der Waals surface area contributed by atoms with Crippen molar-refractivity contribution in [2.24, 2.45) is 11.7 Å². The summed E-state index contributed by atoms with van der Waals surface area (Å²) in [5.74, 6) is -13.1. The second-order valence-corrected chi connectivity index (χ2v) is 12.4. The first-order valence-corrected chi connectivity index (χ1v) is 15.0. The van der Waals surface area contributed by atoms with Gasteiger partial charge in [-0.05, 0) is 50.7 Å². The molecule has 0 saturated carbocycles. The van der Waals surface area contributed by atoms with Crippen LogP contribution < -0.4 is 16.4 Å². The van der Waals surface area contributed by atoms with E-state index in [0.29, 0.717) is 32.5 Å². The molecule has 0 spiro atoms. The number of para-hydroxylation sites is 1. The van der Waals surface area contributed by atoms with Crippen LogP contribution in [0.5, 0.6) is 0 Å². The van der Waals surface area contributed by atoms with Crippen molar-refractivity contribution in [1.82, 2.24) is 15.1 Å². The fourth-order valence-electron chi connectivity index (χ4n) is 5.34. The lowest BCUT2D eigenvalue weighted by atomic mass is 9.97. The zero-order chi connectivity index (χ0) is 31.6. The lowest BCUT2D eigenvalue weighted by molar-refractivity contribution is -0.138. The van der Waals surface area contributed by atoms with Gasteiger partial charge >= 0.3 is 0 Å². The summed E-state index contributed by atoms with van der Waals surface area (Å²) in [7, 11) is -5.30. The van der Waals surface area contributed by atoms with Gasteiger partial charge in [-0.2, -0.15) is 0 Å². The molecule has 2 aliphatic heterocycles. The summed E-state index contributed by atoms with van der Waals surface area (Å²) >= 11 is 0. The maximum atomic E-state index is 14.4. The number of nitrogens with zero attached hydrogens (tertiary/aromatic N) is 2. The van der Waals surface area contributed by atoms with Gasteiger partial charge in [-0.25, -0.2) is 30.4 Å². The number of amides is 2. The van der Waals surface area contributed by atoms with E-state index in [1.54, 1.807) is 4.90 Å². The van der Waals surface area contributed by atoms with Crippen LogP contribution in [0.15, 0.2) is 34.1 Å². The number of carbonyl (C=O) groups excluding carboxylic acids is 2. The first-order valence-electron chi connectivity index (χ1n) is 13.5. The minimum atomic E-state index is -5.30. The molecule has 2 aliphatic rings. The number of benzene rings is 2. The molecule has 0 aromatic heterocycles. The molecule has 0 bridgehead atoms. The van der Waals surface area contributed by atoms with Crippen LogP contribution in [0, 0.1) is 40.4 Å². The maximum Gasteiger partial charge on any atom is 0.245 e. The number of nitrogens with one attached hydrogen (secondary N) is 3. The summed E-state index contributed by atoms with van der Waals surface area (Å²) in [4.78, 5) is 26.7. The monoisotopic (exact) mass is 630 g/mol. The van der Waals surface area contributed by atoms with Gasteiger partial charge in [0.1, 0.15) is 17.0 Å². The standard InChI is InChI=1S/C27H31F5N6O4S/c1-14(26(40)38-10-4-6-17(38)25(39)35-13-15-8-11-37(12-9-15)27(33)34)36-16-5-2-3-7-18(16)43(41,42)24-22(31)20(29)19(28)21(30)23(24)32/h2-3,5,7,14-15,17,36H,4,6,8-13H2,1H3,(H3,33,34)(H,35,39)/t14?,17-/m0/s1. The van der Waals surface area contributed by atoms with Crippen LogP contribution in [-0.2, 0) is 19.4 Å². The Morgan fingerprint density at radius 2 is 1.56 bits per heavy atom. The number of sulfone groups is 1. The quantitative estimate of drug-likeness (QED) is 0.0876. The van der Waals surface area contributed by atoms with Crippen LogP contribution in [0.3, 0.4) is 0 Å². The Hall–Kier alpha value is -3.95. The predicted molar refractivity (Wildman–Crippen MR) is 145 cm³/mol. The van der Waals surface area contributed by atoms with Gasteiger partial charge in [0, 0.05) is 26.2 Å². The molecule has 4 rings (SSSR count). The zero-order valence-electron chi connectivity index (χ0n) is 23.1. The van der Waals surface area contributed by atoms with Crippen molar-refractivity contribution in [3.05, 3.63) is 53.4 Å². The molecular formula is C27H31F5N6O4S. The number of halogens is 5. The molecule has 5 N–H and O–H groups in total. The summed E-state index contributed by atoms with van der Waals surface area (Å²) in [6.45, 7) is 3.24. The summed E-state index contributed by atoms with van der Waals surface area (Å²) in [5.41, 5.74) is 5.20. The molecule has 2 aromatic carbocycles. The zero-order valence-corrected chi connectivity index (χ0v) is 23.9. The molecular weight excluding hydrogens is 599 g/mol. The van der Waals surface area contributed by atoms with Gasteiger partial charge in [-0.3, -0.25) is 15.0 Å². The molecule has 2 saturated heterocycles. The Morgan fingerprint density at radius 3 is 2.16 bits per heavy atom. The van der Waals surface area contributed by atoms with Crippen molar-refractivity contribution in [2.45, 2.75) is 54.5 Å². The van der Waals surface area contributed by atoms with E-state index in [0.717, 1.165) is 18.9 Å². The van der Waals surface area contributed by atoms with E-state index in [2.05, 4.69) is 10.6 Å². The molecule has 10 nitrogen and oxygen atoms in total. The molecule has 2 fully saturated rings. The van der Waals surface area contributed by atoms with E-state index >= 15 is 0 Å². The number of guanidine groups is 1. The number of hydrogen-bond donors (Lipinski definition) is 4. The van der Waals surface area contributed by atoms with Crippen LogP contribution >= 0.6 is 0 Å². The van der Waals surface area contributed by atoms with Gasteiger partial charge in [0.2, 0.25) is 27.5 Å². The Morgan fingerprint density at radius 1 is 0.977 bits per heavy atom. The summed E-state index contributed by atoms with van der Waals surface area (Å²) in [5, 5.41) is 13.1. The van der Waals surface area contributed by atoms with Crippen LogP contribution in [0.1, 0.15) is 32.6 Å². The first kappa shape index (κ1) is 32.0. The lowest BCUT2D eigenvalue weighted by Crippen LogP contribution is -2.51. The third-order valence-electron chi connectivity index (χ3n) is 7.72. The molecule has 43 heavy (non-hydrogen) atoms. The Bertz CT molecular complexity index is 1500. The molecule has 16 heteroatoms. The number of rotatable bonds is 8. The average molecular weight is 631 g/mol. The molecule has 2 aromatic rings. The minimum Gasteiger partial charge on any atom is -0.373 e. The maximum absolute atomic E-state index is 14.4. The second kappa shape index (κ2) is 12.7. The van der Waals surface area contributed by atoms with Crippen molar-refractivity contribution in [2.75, 3.05) is 31.5 Å². The molecule has 2 amide bonds. The van der Waals surface area contributed by atoms with Crippen molar-refractivity contribution in [3.63, 3.8) is 0 Å². The highest BCUT2D eigenvalue weighted by Gasteiger charge is 2.38. The van der Waals surface area contributed by atoms with Crippen molar-refractivity contribution >= 4 is 33.3 Å². The van der Waals surface area contributed by atoms with Crippen LogP contribution in [0.2, 0.25) is 0 Å². The number of likely N-dealkylation sites (tertiary alicyclic amines) is 2. The van der Waals surface area contributed by atoms with Gasteiger partial charge in [0.15, 0.2) is 29.2 Å². The fourth-order valence-corrected chi connectivity index (χ4v) is 6.88. The third kappa shape index (κ3) is 6.38. The van der Waals surface area contributed by atoms with Gasteiger partial charge in [-0.15, -0.1) is 0 Å². The Labute approximate surface area is 244 Å². The number of anilines is 1. The highest BCUT2D eigenvalue weighted by atomic mass is 32.2. The van der Waals surface area contributed by atoms with Gasteiger partial charge in [-0.1, -0.05) is 12.1 Å². The van der Waals surface area contributed by atoms with E-state index in [9.17, 15) is 40.0 Å². The predicted octanol–water partition coefficient (Wildman–Crippen LogP) is 2.73. The summed E-state index contributed by atoms with van der Waals surface area (Å²) in [6.07, 6.45) is 2.42. The number of carbonyl (C=O) groups is 2. The summed E-state index contributed by atoms with van der Waals surface area (Å²) < 4.78 is 96.3. The molecule has 234 valence electrons. The van der Waals surface area contributed by atoms with Crippen molar-refractivity contribution in [1.29, 1.82) is 5.41 Å². The molecule has 2 heterocycles. The fraction of sp³-hybridized carbons (Fsp3) is 0.444. The van der Waals surface area contributed by atoms with E-state index < -0.39 is 66.7 Å². The first-order chi connectivity index (χ1) is 20.2. The molecule has 0 aliphatic carbocycles.